The number of nitrogens with zero attached hydrogens (tertiary/aromatic N) is 1. The van der Waals surface area contributed by atoms with Crippen LogP contribution in [0.15, 0.2) is 0 Å². The van der Waals surface area contributed by atoms with Crippen molar-refractivity contribution in [3.8, 4) is 0 Å². The van der Waals surface area contributed by atoms with Crippen molar-refractivity contribution in [2.45, 2.75) is 33.6 Å². The molecule has 0 saturated heterocycles. The van der Waals surface area contributed by atoms with E-state index in [1.165, 1.54) is 0 Å². The van der Waals surface area contributed by atoms with E-state index in [1.54, 1.807) is 14.0 Å². The van der Waals surface area contributed by atoms with E-state index < -0.39 is 5.97 Å². The number of hydrogen-bond donors (Lipinski definition) is 1. The third-order valence-corrected chi connectivity index (χ3v) is 2.80. The van der Waals surface area contributed by atoms with Gasteiger partial charge in [0.15, 0.2) is 0 Å². The second-order valence-corrected chi connectivity index (χ2v) is 5.07. The lowest BCUT2D eigenvalue weighted by Crippen LogP contribution is -2.34. The second kappa shape index (κ2) is 9.42. The van der Waals surface area contributed by atoms with Crippen LogP contribution in [0, 0.1) is 11.8 Å². The van der Waals surface area contributed by atoms with Gasteiger partial charge in [-0.05, 0) is 25.3 Å². The lowest BCUT2D eigenvalue weighted by atomic mass is 10.1. The largest absolute Gasteiger partial charge is 0.481 e. The average molecular weight is 245 g/mol. The summed E-state index contributed by atoms with van der Waals surface area (Å²) in [6.07, 6.45) is 2.07. The van der Waals surface area contributed by atoms with Gasteiger partial charge in [-0.2, -0.15) is 0 Å². The maximum Gasteiger partial charge on any atom is 0.307 e. The van der Waals surface area contributed by atoms with Gasteiger partial charge < -0.3 is 14.7 Å². The molecule has 0 aliphatic carbocycles. The highest BCUT2D eigenvalue weighted by molar-refractivity contribution is 5.69. The highest BCUT2D eigenvalue weighted by Crippen LogP contribution is 2.06. The minimum absolute atomic E-state index is 0.301. The first-order valence-corrected chi connectivity index (χ1v) is 6.41. The van der Waals surface area contributed by atoms with Crippen molar-refractivity contribution in [3.05, 3.63) is 0 Å². The molecule has 0 saturated carbocycles. The molecule has 102 valence electrons. The molecule has 17 heavy (non-hydrogen) atoms. The SMILES string of the molecule is COCCCN(CCC(C)C)CC(C)C(=O)O. The lowest BCUT2D eigenvalue weighted by molar-refractivity contribution is -0.141. The van der Waals surface area contributed by atoms with E-state index in [1.807, 2.05) is 0 Å². The number of hydrogen-bond acceptors (Lipinski definition) is 3. The third-order valence-electron chi connectivity index (χ3n) is 2.80. The highest BCUT2D eigenvalue weighted by atomic mass is 16.5. The first-order chi connectivity index (χ1) is 7.97. The fraction of sp³-hybridized carbons (Fsp3) is 0.923. The number of aliphatic carboxylic acids is 1. The monoisotopic (exact) mass is 245 g/mol. The minimum atomic E-state index is -0.716. The van der Waals surface area contributed by atoms with Crippen molar-refractivity contribution in [2.24, 2.45) is 11.8 Å². The zero-order valence-electron chi connectivity index (χ0n) is 11.6. The molecule has 0 radical (unpaired) electrons. The molecule has 0 amide bonds. The average Bonchev–Trinajstić information content (AvgIpc) is 2.25. The van der Waals surface area contributed by atoms with Crippen molar-refractivity contribution in [3.63, 3.8) is 0 Å². The van der Waals surface area contributed by atoms with Gasteiger partial charge >= 0.3 is 5.97 Å². The molecule has 0 rings (SSSR count). The number of carboxylic acid groups (broad SMARTS) is 1. The predicted molar refractivity (Wildman–Crippen MR) is 69.2 cm³/mol. The van der Waals surface area contributed by atoms with E-state index in [-0.39, 0.29) is 5.92 Å². The van der Waals surface area contributed by atoms with Crippen LogP contribution >= 0.6 is 0 Å². The summed E-state index contributed by atoms with van der Waals surface area (Å²) in [5.41, 5.74) is 0. The van der Waals surface area contributed by atoms with Gasteiger partial charge in [0.1, 0.15) is 0 Å². The third kappa shape index (κ3) is 9.12. The molecule has 0 aromatic carbocycles. The molecule has 1 atom stereocenters. The van der Waals surface area contributed by atoms with Crippen LogP contribution in [0.4, 0.5) is 0 Å². The van der Waals surface area contributed by atoms with Crippen LogP contribution < -0.4 is 0 Å². The lowest BCUT2D eigenvalue weighted by Gasteiger charge is -2.24. The van der Waals surface area contributed by atoms with Crippen LogP contribution in [-0.2, 0) is 9.53 Å². The Hall–Kier alpha value is -0.610. The maximum absolute atomic E-state index is 10.9. The van der Waals surface area contributed by atoms with Crippen LogP contribution in [0.2, 0.25) is 0 Å². The normalized spacial score (nSPS) is 13.3. The Kier molecular flexibility index (Phi) is 9.09. The molecule has 0 aromatic rings. The van der Waals surface area contributed by atoms with Gasteiger partial charge in [-0.25, -0.2) is 0 Å². The minimum Gasteiger partial charge on any atom is -0.481 e. The summed E-state index contributed by atoms with van der Waals surface area (Å²) < 4.78 is 5.03. The van der Waals surface area contributed by atoms with Gasteiger partial charge in [0.05, 0.1) is 5.92 Å². The number of carbonyl (C=O) groups is 1. The molecule has 1 unspecified atom stereocenters. The molecular weight excluding hydrogens is 218 g/mol. The molecule has 0 aromatic heterocycles. The van der Waals surface area contributed by atoms with Crippen LogP contribution in [0.5, 0.6) is 0 Å². The van der Waals surface area contributed by atoms with Crippen molar-refractivity contribution >= 4 is 5.97 Å². The number of rotatable bonds is 10. The van der Waals surface area contributed by atoms with Crippen LogP contribution in [0.1, 0.15) is 33.6 Å². The fourth-order valence-corrected chi connectivity index (χ4v) is 1.63. The quantitative estimate of drug-likeness (QED) is 0.599. The molecule has 0 heterocycles. The van der Waals surface area contributed by atoms with Crippen molar-refractivity contribution in [1.29, 1.82) is 0 Å². The Bertz CT molecular complexity index is 207. The smallest absolute Gasteiger partial charge is 0.307 e. The number of ether oxygens (including phenoxy) is 1. The zero-order valence-corrected chi connectivity index (χ0v) is 11.6. The van der Waals surface area contributed by atoms with E-state index in [2.05, 4.69) is 18.7 Å². The Balaban J connectivity index is 4.04. The molecule has 0 fully saturated rings. The molecule has 0 aliphatic rings. The van der Waals surface area contributed by atoms with Crippen molar-refractivity contribution in [2.75, 3.05) is 33.4 Å². The van der Waals surface area contributed by atoms with E-state index in [0.717, 1.165) is 32.5 Å². The predicted octanol–water partition coefficient (Wildman–Crippen LogP) is 2.09. The molecule has 1 N–H and O–H groups in total. The first kappa shape index (κ1) is 16.4. The van der Waals surface area contributed by atoms with Gasteiger partial charge in [0.2, 0.25) is 0 Å². The van der Waals surface area contributed by atoms with Crippen molar-refractivity contribution in [1.82, 2.24) is 4.90 Å². The molecule has 0 spiro atoms. The summed E-state index contributed by atoms with van der Waals surface area (Å²) >= 11 is 0. The van der Waals surface area contributed by atoms with Crippen LogP contribution in [0.25, 0.3) is 0 Å². The Morgan fingerprint density at radius 1 is 1.29 bits per heavy atom. The summed E-state index contributed by atoms with van der Waals surface area (Å²) in [5, 5.41) is 8.93. The topological polar surface area (TPSA) is 49.8 Å². The van der Waals surface area contributed by atoms with E-state index >= 15 is 0 Å². The molecule has 4 heteroatoms. The van der Waals surface area contributed by atoms with E-state index in [9.17, 15) is 4.79 Å². The standard InChI is InChI=1S/C13H27NO3/c1-11(2)6-8-14(7-5-9-17-4)10-12(3)13(15)16/h11-12H,5-10H2,1-4H3,(H,15,16). The molecule has 4 nitrogen and oxygen atoms in total. The summed E-state index contributed by atoms with van der Waals surface area (Å²) in [7, 11) is 1.69. The van der Waals surface area contributed by atoms with Crippen LogP contribution in [-0.4, -0.2) is 49.3 Å². The Labute approximate surface area is 105 Å². The molecule has 0 aliphatic heterocycles. The van der Waals surface area contributed by atoms with Gasteiger partial charge in [0.25, 0.3) is 0 Å². The van der Waals surface area contributed by atoms with Gasteiger partial charge in [-0.1, -0.05) is 20.8 Å². The maximum atomic E-state index is 10.9. The van der Waals surface area contributed by atoms with Crippen molar-refractivity contribution < 1.29 is 14.6 Å². The summed E-state index contributed by atoms with van der Waals surface area (Å²) in [6, 6.07) is 0. The zero-order chi connectivity index (χ0) is 13.3. The number of methoxy groups -OCH3 is 1. The Morgan fingerprint density at radius 3 is 2.41 bits per heavy atom. The second-order valence-electron chi connectivity index (χ2n) is 5.07. The molecular formula is C13H27NO3. The molecule has 0 bridgehead atoms. The van der Waals surface area contributed by atoms with Gasteiger partial charge in [0, 0.05) is 26.8 Å². The van der Waals surface area contributed by atoms with Crippen LogP contribution in [0.3, 0.4) is 0 Å². The summed E-state index contributed by atoms with van der Waals surface area (Å²) in [5.74, 6) is -0.365. The van der Waals surface area contributed by atoms with E-state index in [0.29, 0.717) is 12.5 Å². The number of carboxylic acids is 1. The van der Waals surface area contributed by atoms with Gasteiger partial charge in [-0.15, -0.1) is 0 Å². The fourth-order valence-electron chi connectivity index (χ4n) is 1.63. The highest BCUT2D eigenvalue weighted by Gasteiger charge is 2.15. The summed E-state index contributed by atoms with van der Waals surface area (Å²) in [6.45, 7) is 9.39. The van der Waals surface area contributed by atoms with Gasteiger partial charge in [-0.3, -0.25) is 4.79 Å². The Morgan fingerprint density at radius 2 is 1.94 bits per heavy atom. The summed E-state index contributed by atoms with van der Waals surface area (Å²) in [4.78, 5) is 13.1. The first-order valence-electron chi connectivity index (χ1n) is 6.41. The van der Waals surface area contributed by atoms with E-state index in [4.69, 9.17) is 9.84 Å².